The monoisotopic (exact) mass is 310 g/mol. The second-order valence-electron chi connectivity index (χ2n) is 7.52. The van der Waals surface area contributed by atoms with E-state index in [9.17, 15) is 4.79 Å². The van der Waals surface area contributed by atoms with Crippen LogP contribution in [0.2, 0.25) is 0 Å². The number of hydrogen-bond donors (Lipinski definition) is 1. The van der Waals surface area contributed by atoms with Crippen LogP contribution in [0, 0.1) is 5.92 Å². The molecule has 0 aromatic heterocycles. The maximum atomic E-state index is 13.0. The predicted molar refractivity (Wildman–Crippen MR) is 89.4 cm³/mol. The van der Waals surface area contributed by atoms with Gasteiger partial charge in [-0.1, -0.05) is 33.1 Å². The summed E-state index contributed by atoms with van der Waals surface area (Å²) in [5, 5.41) is 4.42. The fraction of sp³-hybridized carbons (Fsp3) is 0.941. The molecule has 3 nitrogen and oxygen atoms in total. The van der Waals surface area contributed by atoms with Gasteiger partial charge in [0.15, 0.2) is 0 Å². The lowest BCUT2D eigenvalue weighted by molar-refractivity contribution is -0.133. The highest BCUT2D eigenvalue weighted by molar-refractivity contribution is 7.99. The number of hydrogen-bond acceptors (Lipinski definition) is 3. The Morgan fingerprint density at radius 2 is 2.05 bits per heavy atom. The average Bonchev–Trinajstić information content (AvgIpc) is 3.02. The first-order chi connectivity index (χ1) is 10.1. The molecular formula is C17H30N2OS. The molecule has 0 bridgehead atoms. The average molecular weight is 311 g/mol. The van der Waals surface area contributed by atoms with Gasteiger partial charge in [0.1, 0.15) is 0 Å². The Morgan fingerprint density at radius 3 is 2.67 bits per heavy atom. The van der Waals surface area contributed by atoms with E-state index < -0.39 is 0 Å². The molecule has 120 valence electrons. The Labute approximate surface area is 133 Å². The van der Waals surface area contributed by atoms with Gasteiger partial charge in [0.05, 0.1) is 11.7 Å². The first-order valence-electron chi connectivity index (χ1n) is 8.81. The highest BCUT2D eigenvalue weighted by atomic mass is 32.2. The summed E-state index contributed by atoms with van der Waals surface area (Å²) in [4.78, 5) is 15.3. The molecular weight excluding hydrogens is 280 g/mol. The van der Waals surface area contributed by atoms with E-state index in [2.05, 4.69) is 35.8 Å². The molecule has 3 aliphatic rings. The summed E-state index contributed by atoms with van der Waals surface area (Å²) in [5.74, 6) is 2.32. The third kappa shape index (κ3) is 3.26. The minimum Gasteiger partial charge on any atom is -0.324 e. The van der Waals surface area contributed by atoms with Gasteiger partial charge < -0.3 is 4.90 Å². The molecule has 2 saturated heterocycles. The molecule has 0 aromatic rings. The van der Waals surface area contributed by atoms with E-state index >= 15 is 0 Å². The molecule has 1 saturated carbocycles. The third-order valence-electron chi connectivity index (χ3n) is 5.32. The van der Waals surface area contributed by atoms with Crippen LogP contribution in [0.15, 0.2) is 0 Å². The van der Waals surface area contributed by atoms with Crippen molar-refractivity contribution in [1.82, 2.24) is 10.2 Å². The van der Waals surface area contributed by atoms with Crippen LogP contribution in [0.4, 0.5) is 0 Å². The summed E-state index contributed by atoms with van der Waals surface area (Å²) in [5.41, 5.74) is -0.196. The summed E-state index contributed by atoms with van der Waals surface area (Å²) < 4.78 is 0. The SMILES string of the molecule is CC(C)CC1NC2(CCCC2)C(=O)N1CC1CCCCS1. The van der Waals surface area contributed by atoms with Crippen LogP contribution in [-0.4, -0.2) is 40.1 Å². The molecule has 1 amide bonds. The minimum absolute atomic E-state index is 0.196. The van der Waals surface area contributed by atoms with Crippen molar-refractivity contribution in [3.05, 3.63) is 0 Å². The molecule has 2 unspecified atom stereocenters. The van der Waals surface area contributed by atoms with Crippen LogP contribution >= 0.6 is 11.8 Å². The van der Waals surface area contributed by atoms with Gasteiger partial charge in [-0.15, -0.1) is 0 Å². The van der Waals surface area contributed by atoms with Crippen molar-refractivity contribution in [3.63, 3.8) is 0 Å². The quantitative estimate of drug-likeness (QED) is 0.864. The van der Waals surface area contributed by atoms with E-state index in [4.69, 9.17) is 0 Å². The van der Waals surface area contributed by atoms with Gasteiger partial charge in [0.25, 0.3) is 0 Å². The van der Waals surface area contributed by atoms with Gasteiger partial charge in [0, 0.05) is 11.8 Å². The number of nitrogens with zero attached hydrogens (tertiary/aromatic N) is 1. The second kappa shape index (κ2) is 6.49. The number of thioether (sulfide) groups is 1. The molecule has 3 fully saturated rings. The van der Waals surface area contributed by atoms with E-state index in [0.29, 0.717) is 17.1 Å². The van der Waals surface area contributed by atoms with Gasteiger partial charge >= 0.3 is 0 Å². The lowest BCUT2D eigenvalue weighted by atomic mass is 9.98. The number of carbonyl (C=O) groups is 1. The van der Waals surface area contributed by atoms with E-state index in [1.54, 1.807) is 0 Å². The Kier molecular flexibility index (Phi) is 4.84. The smallest absolute Gasteiger partial charge is 0.244 e. The first kappa shape index (κ1) is 15.7. The van der Waals surface area contributed by atoms with Crippen molar-refractivity contribution in [1.29, 1.82) is 0 Å². The molecule has 21 heavy (non-hydrogen) atoms. The van der Waals surface area contributed by atoms with E-state index in [-0.39, 0.29) is 11.7 Å². The van der Waals surface area contributed by atoms with Crippen molar-refractivity contribution in [2.45, 2.75) is 82.2 Å². The van der Waals surface area contributed by atoms with Crippen molar-refractivity contribution >= 4 is 17.7 Å². The number of amides is 1. The van der Waals surface area contributed by atoms with Crippen molar-refractivity contribution in [3.8, 4) is 0 Å². The summed E-state index contributed by atoms with van der Waals surface area (Å²) >= 11 is 2.08. The molecule has 1 spiro atoms. The molecule has 2 atom stereocenters. The molecule has 1 N–H and O–H groups in total. The molecule has 1 aliphatic carbocycles. The van der Waals surface area contributed by atoms with Crippen LogP contribution in [0.3, 0.4) is 0 Å². The molecule has 0 aromatic carbocycles. The maximum absolute atomic E-state index is 13.0. The maximum Gasteiger partial charge on any atom is 0.244 e. The summed E-state index contributed by atoms with van der Waals surface area (Å²) in [7, 11) is 0. The highest BCUT2D eigenvalue weighted by Gasteiger charge is 2.52. The topological polar surface area (TPSA) is 32.3 Å². The van der Waals surface area contributed by atoms with Gasteiger partial charge in [-0.3, -0.25) is 10.1 Å². The van der Waals surface area contributed by atoms with Crippen LogP contribution in [0.1, 0.15) is 65.2 Å². The van der Waals surface area contributed by atoms with E-state index in [1.165, 1.54) is 37.9 Å². The predicted octanol–water partition coefficient (Wildman–Crippen LogP) is 3.39. The number of rotatable bonds is 4. The highest BCUT2D eigenvalue weighted by Crippen LogP contribution is 2.38. The Balaban J connectivity index is 1.71. The van der Waals surface area contributed by atoms with Crippen molar-refractivity contribution in [2.24, 2.45) is 5.92 Å². The molecule has 4 heteroatoms. The zero-order valence-corrected chi connectivity index (χ0v) is 14.4. The van der Waals surface area contributed by atoms with Crippen molar-refractivity contribution < 1.29 is 4.79 Å². The summed E-state index contributed by atoms with van der Waals surface area (Å²) in [6.07, 6.45) is 9.86. The van der Waals surface area contributed by atoms with Crippen molar-refractivity contribution in [2.75, 3.05) is 12.3 Å². The van der Waals surface area contributed by atoms with Crippen LogP contribution in [-0.2, 0) is 4.79 Å². The van der Waals surface area contributed by atoms with Gasteiger partial charge in [-0.05, 0) is 43.8 Å². The van der Waals surface area contributed by atoms with Gasteiger partial charge in [0.2, 0.25) is 5.91 Å². The fourth-order valence-corrected chi connectivity index (χ4v) is 5.53. The summed E-state index contributed by atoms with van der Waals surface area (Å²) in [6, 6.07) is 0. The lowest BCUT2D eigenvalue weighted by Gasteiger charge is -2.31. The van der Waals surface area contributed by atoms with Gasteiger partial charge in [-0.2, -0.15) is 11.8 Å². The first-order valence-corrected chi connectivity index (χ1v) is 9.86. The molecule has 2 heterocycles. The minimum atomic E-state index is -0.196. The largest absolute Gasteiger partial charge is 0.324 e. The van der Waals surface area contributed by atoms with Crippen LogP contribution in [0.25, 0.3) is 0 Å². The Hall–Kier alpha value is -0.220. The number of nitrogens with one attached hydrogen (secondary N) is 1. The Bertz CT molecular complexity index is 373. The lowest BCUT2D eigenvalue weighted by Crippen LogP contribution is -2.45. The molecule has 0 radical (unpaired) electrons. The zero-order valence-electron chi connectivity index (χ0n) is 13.6. The normalized spacial score (nSPS) is 32.5. The fourth-order valence-electron chi connectivity index (χ4n) is 4.23. The second-order valence-corrected chi connectivity index (χ2v) is 8.93. The standard InChI is InChI=1S/C17H30N2OS/c1-13(2)11-15-18-17(8-4-5-9-17)16(20)19(15)12-14-7-3-6-10-21-14/h13-15,18H,3-12H2,1-2H3. The van der Waals surface area contributed by atoms with Crippen LogP contribution in [0.5, 0.6) is 0 Å². The zero-order chi connectivity index (χ0) is 14.9. The van der Waals surface area contributed by atoms with E-state index in [1.807, 2.05) is 0 Å². The molecule has 2 aliphatic heterocycles. The van der Waals surface area contributed by atoms with E-state index in [0.717, 1.165) is 25.8 Å². The Morgan fingerprint density at radius 1 is 1.29 bits per heavy atom. The summed E-state index contributed by atoms with van der Waals surface area (Å²) in [6.45, 7) is 5.49. The molecule has 3 rings (SSSR count). The number of carbonyl (C=O) groups excluding carboxylic acids is 1. The van der Waals surface area contributed by atoms with Crippen LogP contribution < -0.4 is 5.32 Å². The third-order valence-corrected chi connectivity index (χ3v) is 6.70. The van der Waals surface area contributed by atoms with Gasteiger partial charge in [-0.25, -0.2) is 0 Å².